The van der Waals surface area contributed by atoms with Crippen molar-refractivity contribution in [3.05, 3.63) is 101 Å². The molecule has 1 amide bonds. The third-order valence-corrected chi connectivity index (χ3v) is 4.35. The van der Waals surface area contributed by atoms with Crippen LogP contribution < -0.4 is 10.1 Å². The molecule has 0 fully saturated rings. The number of amides is 1. The van der Waals surface area contributed by atoms with Crippen LogP contribution in [0.2, 0.25) is 5.02 Å². The molecule has 0 aliphatic heterocycles. The highest BCUT2D eigenvalue weighted by atomic mass is 35.5. The second-order valence-corrected chi connectivity index (χ2v) is 6.43. The van der Waals surface area contributed by atoms with Gasteiger partial charge in [-0.15, -0.1) is 0 Å². The predicted octanol–water partition coefficient (Wildman–Crippen LogP) is 4.80. The minimum Gasteiger partial charge on any atom is -0.497 e. The molecule has 0 saturated carbocycles. The summed E-state index contributed by atoms with van der Waals surface area (Å²) in [5.41, 5.74) is 2.86. The SMILES string of the molecule is COc1cccc(CC(=O)NC(c2ccccc2)c2cccc(Cl)c2)c1. The van der Waals surface area contributed by atoms with Crippen molar-refractivity contribution in [2.45, 2.75) is 12.5 Å². The molecule has 0 heterocycles. The molecular formula is C22H20ClNO2. The fourth-order valence-electron chi connectivity index (χ4n) is 2.87. The fourth-order valence-corrected chi connectivity index (χ4v) is 3.07. The van der Waals surface area contributed by atoms with Crippen LogP contribution in [0, 0.1) is 0 Å². The summed E-state index contributed by atoms with van der Waals surface area (Å²) in [6, 6.07) is 24.7. The van der Waals surface area contributed by atoms with Gasteiger partial charge in [-0.25, -0.2) is 0 Å². The zero-order chi connectivity index (χ0) is 18.4. The summed E-state index contributed by atoms with van der Waals surface area (Å²) in [5.74, 6) is 0.678. The Morgan fingerprint density at radius 1 is 0.962 bits per heavy atom. The molecule has 3 nitrogen and oxygen atoms in total. The number of ether oxygens (including phenoxy) is 1. The van der Waals surface area contributed by atoms with Gasteiger partial charge in [-0.3, -0.25) is 4.79 Å². The van der Waals surface area contributed by atoms with E-state index >= 15 is 0 Å². The smallest absolute Gasteiger partial charge is 0.225 e. The van der Waals surface area contributed by atoms with Gasteiger partial charge >= 0.3 is 0 Å². The lowest BCUT2D eigenvalue weighted by Gasteiger charge is -2.20. The molecule has 0 aliphatic carbocycles. The van der Waals surface area contributed by atoms with Crippen molar-refractivity contribution in [2.75, 3.05) is 7.11 Å². The van der Waals surface area contributed by atoms with Crippen LogP contribution in [0.4, 0.5) is 0 Å². The van der Waals surface area contributed by atoms with Crippen LogP contribution in [0.5, 0.6) is 5.75 Å². The lowest BCUT2D eigenvalue weighted by Crippen LogP contribution is -2.30. The number of halogens is 1. The molecule has 132 valence electrons. The summed E-state index contributed by atoms with van der Waals surface area (Å²) in [4.78, 5) is 12.7. The third kappa shape index (κ3) is 4.64. The van der Waals surface area contributed by atoms with Gasteiger partial charge in [0.05, 0.1) is 19.6 Å². The number of rotatable bonds is 6. The number of benzene rings is 3. The molecular weight excluding hydrogens is 346 g/mol. The Hall–Kier alpha value is -2.78. The molecule has 0 radical (unpaired) electrons. The second kappa shape index (κ2) is 8.54. The van der Waals surface area contributed by atoms with Gasteiger partial charge in [0, 0.05) is 5.02 Å². The zero-order valence-electron chi connectivity index (χ0n) is 14.5. The lowest BCUT2D eigenvalue weighted by molar-refractivity contribution is -0.120. The molecule has 0 bridgehead atoms. The number of hydrogen-bond acceptors (Lipinski definition) is 2. The molecule has 0 saturated heterocycles. The van der Waals surface area contributed by atoms with Gasteiger partial charge in [0.2, 0.25) is 5.91 Å². The van der Waals surface area contributed by atoms with Crippen molar-refractivity contribution in [3.8, 4) is 5.75 Å². The van der Waals surface area contributed by atoms with Crippen LogP contribution in [0.25, 0.3) is 0 Å². The molecule has 0 aliphatic rings. The van der Waals surface area contributed by atoms with E-state index in [0.717, 1.165) is 22.4 Å². The molecule has 0 aromatic heterocycles. The molecule has 3 rings (SSSR count). The molecule has 1 N–H and O–H groups in total. The van der Waals surface area contributed by atoms with E-state index < -0.39 is 0 Å². The molecule has 3 aromatic carbocycles. The molecule has 1 unspecified atom stereocenters. The highest BCUT2D eigenvalue weighted by Gasteiger charge is 2.17. The van der Waals surface area contributed by atoms with Gasteiger partial charge in [-0.05, 0) is 41.0 Å². The first-order valence-electron chi connectivity index (χ1n) is 8.38. The normalized spacial score (nSPS) is 11.6. The molecule has 0 spiro atoms. The van der Waals surface area contributed by atoms with Crippen molar-refractivity contribution in [2.24, 2.45) is 0 Å². The van der Waals surface area contributed by atoms with Crippen LogP contribution in [0.15, 0.2) is 78.9 Å². The van der Waals surface area contributed by atoms with Gasteiger partial charge in [0.25, 0.3) is 0 Å². The Morgan fingerprint density at radius 2 is 1.69 bits per heavy atom. The van der Waals surface area contributed by atoms with Crippen LogP contribution in [0.1, 0.15) is 22.7 Å². The molecule has 26 heavy (non-hydrogen) atoms. The second-order valence-electron chi connectivity index (χ2n) is 5.99. The minimum atomic E-state index is -0.256. The van der Waals surface area contributed by atoms with Gasteiger partial charge in [0.15, 0.2) is 0 Å². The molecule has 4 heteroatoms. The van der Waals surface area contributed by atoms with Gasteiger partial charge in [-0.1, -0.05) is 66.2 Å². The quantitative estimate of drug-likeness (QED) is 0.681. The van der Waals surface area contributed by atoms with Gasteiger partial charge in [-0.2, -0.15) is 0 Å². The number of carbonyl (C=O) groups is 1. The van der Waals surface area contributed by atoms with E-state index in [0.29, 0.717) is 5.02 Å². The van der Waals surface area contributed by atoms with Crippen LogP contribution >= 0.6 is 11.6 Å². The number of hydrogen-bond donors (Lipinski definition) is 1. The summed E-state index contributed by atoms with van der Waals surface area (Å²) in [5, 5.41) is 3.77. The monoisotopic (exact) mass is 365 g/mol. The Morgan fingerprint density at radius 3 is 2.42 bits per heavy atom. The summed E-state index contributed by atoms with van der Waals surface area (Å²) in [6.07, 6.45) is 0.279. The van der Waals surface area contributed by atoms with E-state index in [1.807, 2.05) is 78.9 Å². The Balaban J connectivity index is 1.82. The molecule has 1 atom stereocenters. The van der Waals surface area contributed by atoms with Crippen LogP contribution in [-0.4, -0.2) is 13.0 Å². The average Bonchev–Trinajstić information content (AvgIpc) is 2.67. The van der Waals surface area contributed by atoms with Crippen molar-refractivity contribution in [1.29, 1.82) is 0 Å². The van der Waals surface area contributed by atoms with Crippen molar-refractivity contribution >= 4 is 17.5 Å². The van der Waals surface area contributed by atoms with Gasteiger partial charge < -0.3 is 10.1 Å². The first kappa shape index (κ1) is 18.0. The molecule has 3 aromatic rings. The largest absolute Gasteiger partial charge is 0.497 e. The van der Waals surface area contributed by atoms with Crippen LogP contribution in [0.3, 0.4) is 0 Å². The van der Waals surface area contributed by atoms with Crippen molar-refractivity contribution in [1.82, 2.24) is 5.32 Å². The maximum atomic E-state index is 12.7. The van der Waals surface area contributed by atoms with Gasteiger partial charge in [0.1, 0.15) is 5.75 Å². The predicted molar refractivity (Wildman–Crippen MR) is 105 cm³/mol. The fraction of sp³-hybridized carbons (Fsp3) is 0.136. The summed E-state index contributed by atoms with van der Waals surface area (Å²) < 4.78 is 5.22. The van der Waals surface area contributed by atoms with Crippen molar-refractivity contribution < 1.29 is 9.53 Å². The number of carbonyl (C=O) groups excluding carboxylic acids is 1. The summed E-state index contributed by atoms with van der Waals surface area (Å²) in [6.45, 7) is 0. The lowest BCUT2D eigenvalue weighted by atomic mass is 9.98. The highest BCUT2D eigenvalue weighted by molar-refractivity contribution is 6.30. The first-order valence-corrected chi connectivity index (χ1v) is 8.76. The Bertz CT molecular complexity index is 880. The van der Waals surface area contributed by atoms with E-state index in [2.05, 4.69) is 5.32 Å². The maximum Gasteiger partial charge on any atom is 0.225 e. The Labute approximate surface area is 158 Å². The Kier molecular flexibility index (Phi) is 5.92. The zero-order valence-corrected chi connectivity index (χ0v) is 15.2. The number of methoxy groups -OCH3 is 1. The standard InChI is InChI=1S/C22H20ClNO2/c1-26-20-12-5-7-16(13-20)14-21(25)24-22(17-8-3-2-4-9-17)18-10-6-11-19(23)15-18/h2-13,15,22H,14H2,1H3,(H,24,25). The van der Waals surface area contributed by atoms with Crippen molar-refractivity contribution in [3.63, 3.8) is 0 Å². The van der Waals surface area contributed by atoms with E-state index in [1.165, 1.54) is 0 Å². The summed E-state index contributed by atoms with van der Waals surface area (Å²) in [7, 11) is 1.61. The third-order valence-electron chi connectivity index (χ3n) is 4.12. The highest BCUT2D eigenvalue weighted by Crippen LogP contribution is 2.24. The van der Waals surface area contributed by atoms with E-state index in [9.17, 15) is 4.79 Å². The van der Waals surface area contributed by atoms with E-state index in [4.69, 9.17) is 16.3 Å². The van der Waals surface area contributed by atoms with Crippen LogP contribution in [-0.2, 0) is 11.2 Å². The van der Waals surface area contributed by atoms with E-state index in [-0.39, 0.29) is 18.4 Å². The average molecular weight is 366 g/mol. The maximum absolute atomic E-state index is 12.7. The summed E-state index contributed by atoms with van der Waals surface area (Å²) >= 11 is 6.15. The number of nitrogens with one attached hydrogen (secondary N) is 1. The minimum absolute atomic E-state index is 0.0629. The van der Waals surface area contributed by atoms with E-state index in [1.54, 1.807) is 7.11 Å². The topological polar surface area (TPSA) is 38.3 Å². The first-order chi connectivity index (χ1) is 12.7.